The van der Waals surface area contributed by atoms with Gasteiger partial charge in [-0.25, -0.2) is 10.8 Å². The molecule has 5 heteroatoms. The Kier molecular flexibility index (Phi) is 4.33. The molecular weight excluding hydrogens is 190 g/mol. The molecule has 0 fully saturated rings. The molecule has 0 aliphatic heterocycles. The third-order valence-electron chi connectivity index (χ3n) is 1.96. The Labute approximate surface area is 90.6 Å². The minimum atomic E-state index is 0.382. The zero-order valence-electron chi connectivity index (χ0n) is 9.49. The van der Waals surface area contributed by atoms with Gasteiger partial charge in [0.2, 0.25) is 0 Å². The summed E-state index contributed by atoms with van der Waals surface area (Å²) < 4.78 is 0. The molecule has 15 heavy (non-hydrogen) atoms. The Bertz CT molecular complexity index is 300. The topological polar surface area (TPSA) is 66.2 Å². The molecule has 1 aromatic heterocycles. The van der Waals surface area contributed by atoms with Crippen LogP contribution in [0.3, 0.4) is 0 Å². The second kappa shape index (κ2) is 5.53. The number of hydrogen-bond donors (Lipinski definition) is 3. The number of likely N-dealkylation sites (N-methyl/N-ethyl adjacent to an activating group) is 1. The summed E-state index contributed by atoms with van der Waals surface area (Å²) in [4.78, 5) is 6.18. The maximum atomic E-state index is 5.28. The van der Waals surface area contributed by atoms with E-state index in [4.69, 9.17) is 5.84 Å². The number of nitrogens with one attached hydrogen (secondary N) is 2. The van der Waals surface area contributed by atoms with E-state index in [2.05, 4.69) is 41.6 Å². The van der Waals surface area contributed by atoms with Crippen molar-refractivity contribution in [3.05, 3.63) is 18.3 Å². The minimum absolute atomic E-state index is 0.382. The smallest absolute Gasteiger partial charge is 0.141 e. The number of nitrogens with two attached hydrogens (primary N) is 1. The first-order valence-corrected chi connectivity index (χ1v) is 4.95. The van der Waals surface area contributed by atoms with Crippen LogP contribution in [0.25, 0.3) is 0 Å². The van der Waals surface area contributed by atoms with E-state index >= 15 is 0 Å². The number of aromatic nitrogens is 1. The lowest BCUT2D eigenvalue weighted by Crippen LogP contribution is -2.29. The average Bonchev–Trinajstić information content (AvgIpc) is 2.16. The first kappa shape index (κ1) is 11.7. The lowest BCUT2D eigenvalue weighted by atomic mass is 10.3. The summed E-state index contributed by atoms with van der Waals surface area (Å²) in [7, 11) is 4.11. The van der Waals surface area contributed by atoms with E-state index in [0.29, 0.717) is 11.9 Å². The zero-order chi connectivity index (χ0) is 11.3. The van der Waals surface area contributed by atoms with Gasteiger partial charge in [0, 0.05) is 30.5 Å². The summed E-state index contributed by atoms with van der Waals surface area (Å²) in [6, 6.07) is 4.19. The fourth-order valence-electron chi connectivity index (χ4n) is 1.48. The molecule has 0 spiro atoms. The van der Waals surface area contributed by atoms with E-state index in [1.165, 1.54) is 0 Å². The molecule has 0 aliphatic carbocycles. The summed E-state index contributed by atoms with van der Waals surface area (Å²) in [6.07, 6.45) is 1.72. The van der Waals surface area contributed by atoms with Gasteiger partial charge in [0.1, 0.15) is 5.82 Å². The van der Waals surface area contributed by atoms with E-state index < -0.39 is 0 Å². The summed E-state index contributed by atoms with van der Waals surface area (Å²) >= 11 is 0. The number of pyridine rings is 1. The normalized spacial score (nSPS) is 12.6. The molecule has 0 amide bonds. The van der Waals surface area contributed by atoms with Gasteiger partial charge in [-0.2, -0.15) is 0 Å². The van der Waals surface area contributed by atoms with Crippen molar-refractivity contribution in [1.82, 2.24) is 9.88 Å². The van der Waals surface area contributed by atoms with Gasteiger partial charge in [0.15, 0.2) is 0 Å². The fourth-order valence-corrected chi connectivity index (χ4v) is 1.48. The molecule has 0 saturated heterocycles. The maximum absolute atomic E-state index is 5.28. The predicted octanol–water partition coefficient (Wildman–Crippen LogP) is 0.729. The van der Waals surface area contributed by atoms with Gasteiger partial charge in [0.25, 0.3) is 0 Å². The van der Waals surface area contributed by atoms with Crippen molar-refractivity contribution >= 4 is 11.5 Å². The Morgan fingerprint density at radius 1 is 1.53 bits per heavy atom. The van der Waals surface area contributed by atoms with E-state index in [0.717, 1.165) is 12.2 Å². The monoisotopic (exact) mass is 209 g/mol. The first-order valence-electron chi connectivity index (χ1n) is 4.95. The van der Waals surface area contributed by atoms with Gasteiger partial charge in [-0.05, 0) is 27.1 Å². The van der Waals surface area contributed by atoms with Gasteiger partial charge in [0.05, 0.1) is 0 Å². The molecule has 0 bridgehead atoms. The Morgan fingerprint density at radius 2 is 2.27 bits per heavy atom. The van der Waals surface area contributed by atoms with Crippen molar-refractivity contribution in [2.24, 2.45) is 5.84 Å². The first-order chi connectivity index (χ1) is 7.11. The van der Waals surface area contributed by atoms with Gasteiger partial charge in [-0.1, -0.05) is 0 Å². The van der Waals surface area contributed by atoms with Crippen LogP contribution in [0, 0.1) is 0 Å². The molecule has 84 valence electrons. The SMILES string of the molecule is CC(CN(C)C)Nc1ccnc(NN)c1. The van der Waals surface area contributed by atoms with Crippen molar-refractivity contribution in [2.75, 3.05) is 31.4 Å². The second-order valence-corrected chi connectivity index (χ2v) is 3.88. The molecule has 1 atom stereocenters. The third-order valence-corrected chi connectivity index (χ3v) is 1.96. The standard InChI is InChI=1S/C10H19N5/c1-8(7-15(2)3)13-9-4-5-12-10(6-9)14-11/h4-6,8H,7,11H2,1-3H3,(H2,12,13,14). The molecule has 0 aromatic carbocycles. The zero-order valence-corrected chi connectivity index (χ0v) is 9.49. The number of hydrazine groups is 1. The molecule has 4 N–H and O–H groups in total. The second-order valence-electron chi connectivity index (χ2n) is 3.88. The number of nitrogen functional groups attached to an aromatic ring is 1. The van der Waals surface area contributed by atoms with E-state index in [1.807, 2.05) is 12.1 Å². The highest BCUT2D eigenvalue weighted by molar-refractivity contribution is 5.51. The van der Waals surface area contributed by atoms with Crippen molar-refractivity contribution in [1.29, 1.82) is 0 Å². The van der Waals surface area contributed by atoms with Crippen molar-refractivity contribution < 1.29 is 0 Å². The number of nitrogens with zero attached hydrogens (tertiary/aromatic N) is 2. The fraction of sp³-hybridized carbons (Fsp3) is 0.500. The van der Waals surface area contributed by atoms with Crippen LogP contribution >= 0.6 is 0 Å². The molecule has 1 aromatic rings. The summed E-state index contributed by atoms with van der Waals surface area (Å²) in [6.45, 7) is 3.11. The third kappa shape index (κ3) is 4.14. The molecule has 0 radical (unpaired) electrons. The van der Waals surface area contributed by atoms with E-state index in [-0.39, 0.29) is 0 Å². The van der Waals surface area contributed by atoms with Crippen LogP contribution in [-0.4, -0.2) is 36.6 Å². The van der Waals surface area contributed by atoms with Gasteiger partial charge >= 0.3 is 0 Å². The van der Waals surface area contributed by atoms with Crippen molar-refractivity contribution in [3.63, 3.8) is 0 Å². The molecular formula is C10H19N5. The Hall–Kier alpha value is -1.33. The number of rotatable bonds is 5. The van der Waals surface area contributed by atoms with Crippen LogP contribution < -0.4 is 16.6 Å². The summed E-state index contributed by atoms with van der Waals surface area (Å²) in [5.41, 5.74) is 3.54. The van der Waals surface area contributed by atoms with Crippen molar-refractivity contribution in [2.45, 2.75) is 13.0 Å². The highest BCUT2D eigenvalue weighted by Crippen LogP contribution is 2.11. The number of hydrogen-bond acceptors (Lipinski definition) is 5. The lowest BCUT2D eigenvalue weighted by molar-refractivity contribution is 0.392. The molecule has 5 nitrogen and oxygen atoms in total. The lowest BCUT2D eigenvalue weighted by Gasteiger charge is -2.19. The highest BCUT2D eigenvalue weighted by Gasteiger charge is 2.03. The van der Waals surface area contributed by atoms with Gasteiger partial charge in [-0.3, -0.25) is 0 Å². The minimum Gasteiger partial charge on any atom is -0.381 e. The highest BCUT2D eigenvalue weighted by atomic mass is 15.2. The Morgan fingerprint density at radius 3 is 2.87 bits per heavy atom. The predicted molar refractivity (Wildman–Crippen MR) is 63.7 cm³/mol. The molecule has 0 aliphatic rings. The quantitative estimate of drug-likeness (QED) is 0.493. The van der Waals surface area contributed by atoms with E-state index in [1.54, 1.807) is 6.20 Å². The largest absolute Gasteiger partial charge is 0.381 e. The molecule has 1 rings (SSSR count). The maximum Gasteiger partial charge on any atom is 0.141 e. The average molecular weight is 209 g/mol. The van der Waals surface area contributed by atoms with Crippen molar-refractivity contribution in [3.8, 4) is 0 Å². The van der Waals surface area contributed by atoms with Crippen LogP contribution in [-0.2, 0) is 0 Å². The Balaban J connectivity index is 2.55. The van der Waals surface area contributed by atoms with Gasteiger partial charge in [-0.15, -0.1) is 0 Å². The van der Waals surface area contributed by atoms with Crippen LogP contribution in [0.1, 0.15) is 6.92 Å². The molecule has 1 heterocycles. The van der Waals surface area contributed by atoms with Crippen LogP contribution in [0.4, 0.5) is 11.5 Å². The summed E-state index contributed by atoms with van der Waals surface area (Å²) in [5, 5.41) is 3.37. The van der Waals surface area contributed by atoms with Crippen LogP contribution in [0.15, 0.2) is 18.3 Å². The van der Waals surface area contributed by atoms with E-state index in [9.17, 15) is 0 Å². The van der Waals surface area contributed by atoms with Crippen LogP contribution in [0.5, 0.6) is 0 Å². The van der Waals surface area contributed by atoms with Gasteiger partial charge < -0.3 is 15.6 Å². The van der Waals surface area contributed by atoms with Crippen LogP contribution in [0.2, 0.25) is 0 Å². The molecule has 0 saturated carbocycles. The number of anilines is 2. The molecule has 1 unspecified atom stereocenters. The summed E-state index contributed by atoms with van der Waals surface area (Å²) in [5.74, 6) is 5.95.